The van der Waals surface area contributed by atoms with Crippen LogP contribution in [0.1, 0.15) is 39.8 Å². The van der Waals surface area contributed by atoms with Crippen LogP contribution in [0, 0.1) is 0 Å². The largest absolute Gasteiger partial charge is 0.497 e. The first kappa shape index (κ1) is 22.2. The average Bonchev–Trinajstić information content (AvgIpc) is 3.32. The molecule has 1 aliphatic rings. The SMILES string of the molecule is COc1ccc(C(=O)OCC2CCC(n3ccc(NC(=O)c4ccccc4)nc3=O)O2)cc1. The van der Waals surface area contributed by atoms with Gasteiger partial charge in [0.2, 0.25) is 0 Å². The van der Waals surface area contributed by atoms with Crippen LogP contribution < -0.4 is 15.7 Å². The van der Waals surface area contributed by atoms with E-state index in [2.05, 4.69) is 10.3 Å². The minimum absolute atomic E-state index is 0.0781. The number of carbonyl (C=O) groups is 2. The van der Waals surface area contributed by atoms with Crippen LogP contribution in [-0.2, 0) is 9.47 Å². The molecular weight excluding hydrogens is 426 g/mol. The average molecular weight is 449 g/mol. The molecule has 2 aromatic carbocycles. The molecule has 3 aromatic rings. The second kappa shape index (κ2) is 10.1. The van der Waals surface area contributed by atoms with Gasteiger partial charge in [0.05, 0.1) is 18.8 Å². The summed E-state index contributed by atoms with van der Waals surface area (Å²) in [5, 5.41) is 2.61. The number of anilines is 1. The van der Waals surface area contributed by atoms with Gasteiger partial charge in [0.1, 0.15) is 24.4 Å². The Kier molecular flexibility index (Phi) is 6.80. The van der Waals surface area contributed by atoms with E-state index in [9.17, 15) is 14.4 Å². The van der Waals surface area contributed by atoms with Crippen molar-refractivity contribution in [1.29, 1.82) is 0 Å². The summed E-state index contributed by atoms with van der Waals surface area (Å²) in [4.78, 5) is 40.9. The lowest BCUT2D eigenvalue weighted by molar-refractivity contribution is -0.0339. The Labute approximate surface area is 189 Å². The predicted octanol–water partition coefficient (Wildman–Crippen LogP) is 3.04. The predicted molar refractivity (Wildman–Crippen MR) is 119 cm³/mol. The minimum Gasteiger partial charge on any atom is -0.497 e. The van der Waals surface area contributed by atoms with Crippen LogP contribution in [0.2, 0.25) is 0 Å². The monoisotopic (exact) mass is 449 g/mol. The lowest BCUT2D eigenvalue weighted by Gasteiger charge is -2.16. The van der Waals surface area contributed by atoms with Crippen molar-refractivity contribution in [2.24, 2.45) is 0 Å². The normalized spacial score (nSPS) is 17.4. The summed E-state index contributed by atoms with van der Waals surface area (Å²) in [6.45, 7) is 0.0781. The summed E-state index contributed by atoms with van der Waals surface area (Å²) < 4.78 is 17.7. The fourth-order valence-corrected chi connectivity index (χ4v) is 3.47. The number of nitrogens with one attached hydrogen (secondary N) is 1. The van der Waals surface area contributed by atoms with Crippen molar-refractivity contribution >= 4 is 17.7 Å². The second-order valence-electron chi connectivity index (χ2n) is 7.44. The third-order valence-corrected chi connectivity index (χ3v) is 5.23. The summed E-state index contributed by atoms with van der Waals surface area (Å²) in [7, 11) is 1.55. The number of amides is 1. The number of nitrogens with zero attached hydrogens (tertiary/aromatic N) is 2. The van der Waals surface area contributed by atoms with Crippen molar-refractivity contribution in [3.8, 4) is 5.75 Å². The van der Waals surface area contributed by atoms with Gasteiger partial charge in [0.15, 0.2) is 0 Å². The van der Waals surface area contributed by atoms with Gasteiger partial charge in [-0.05, 0) is 55.3 Å². The summed E-state index contributed by atoms with van der Waals surface area (Å²) in [6.07, 6.45) is 1.88. The first-order valence-electron chi connectivity index (χ1n) is 10.5. The van der Waals surface area contributed by atoms with Gasteiger partial charge in [-0.3, -0.25) is 9.36 Å². The fourth-order valence-electron chi connectivity index (χ4n) is 3.47. The van der Waals surface area contributed by atoms with Crippen molar-refractivity contribution < 1.29 is 23.8 Å². The smallest absolute Gasteiger partial charge is 0.351 e. The molecule has 0 spiro atoms. The number of carbonyl (C=O) groups excluding carboxylic acids is 2. The van der Waals surface area contributed by atoms with Crippen LogP contribution in [0.3, 0.4) is 0 Å². The number of benzene rings is 2. The number of methoxy groups -OCH3 is 1. The van der Waals surface area contributed by atoms with E-state index < -0.39 is 17.9 Å². The minimum atomic E-state index is -0.540. The molecule has 1 aliphatic heterocycles. The second-order valence-corrected chi connectivity index (χ2v) is 7.44. The molecule has 170 valence electrons. The molecule has 0 bridgehead atoms. The molecule has 9 heteroatoms. The van der Waals surface area contributed by atoms with E-state index in [1.807, 2.05) is 6.07 Å². The molecule has 1 saturated heterocycles. The maximum absolute atomic E-state index is 12.5. The maximum atomic E-state index is 12.5. The molecule has 0 radical (unpaired) electrons. The van der Waals surface area contributed by atoms with Crippen molar-refractivity contribution in [1.82, 2.24) is 9.55 Å². The number of hydrogen-bond acceptors (Lipinski definition) is 7. The summed E-state index contributed by atoms with van der Waals surface area (Å²) >= 11 is 0. The molecule has 33 heavy (non-hydrogen) atoms. The van der Waals surface area contributed by atoms with Crippen molar-refractivity contribution in [3.05, 3.63) is 88.5 Å². The van der Waals surface area contributed by atoms with E-state index in [0.717, 1.165) is 0 Å². The quantitative estimate of drug-likeness (QED) is 0.552. The molecule has 2 unspecified atom stereocenters. The topological polar surface area (TPSA) is 109 Å². The van der Waals surface area contributed by atoms with Gasteiger partial charge in [-0.15, -0.1) is 0 Å². The zero-order valence-electron chi connectivity index (χ0n) is 18.0. The molecule has 1 amide bonds. The van der Waals surface area contributed by atoms with Crippen LogP contribution in [0.4, 0.5) is 5.82 Å². The molecule has 2 heterocycles. The highest BCUT2D eigenvalue weighted by molar-refractivity contribution is 6.03. The van der Waals surface area contributed by atoms with E-state index in [-0.39, 0.29) is 24.4 Å². The third kappa shape index (κ3) is 5.45. The molecule has 2 atom stereocenters. The molecule has 1 fully saturated rings. The summed E-state index contributed by atoms with van der Waals surface area (Å²) in [5.41, 5.74) is 0.343. The van der Waals surface area contributed by atoms with Gasteiger partial charge in [-0.2, -0.15) is 4.98 Å². The lowest BCUT2D eigenvalue weighted by Crippen LogP contribution is -2.29. The zero-order valence-corrected chi connectivity index (χ0v) is 18.0. The van der Waals surface area contributed by atoms with E-state index in [1.54, 1.807) is 61.7 Å². The highest BCUT2D eigenvalue weighted by atomic mass is 16.6. The van der Waals surface area contributed by atoms with Crippen LogP contribution in [-0.4, -0.2) is 41.2 Å². The Morgan fingerprint density at radius 1 is 1.06 bits per heavy atom. The Morgan fingerprint density at radius 3 is 2.52 bits per heavy atom. The number of rotatable bonds is 7. The van der Waals surface area contributed by atoms with Crippen LogP contribution in [0.15, 0.2) is 71.7 Å². The maximum Gasteiger partial charge on any atom is 0.351 e. The van der Waals surface area contributed by atoms with Gasteiger partial charge >= 0.3 is 11.7 Å². The summed E-state index contributed by atoms with van der Waals surface area (Å²) in [5.74, 6) is 0.00412. The number of hydrogen-bond donors (Lipinski definition) is 1. The van der Waals surface area contributed by atoms with E-state index in [4.69, 9.17) is 14.2 Å². The lowest BCUT2D eigenvalue weighted by atomic mass is 10.2. The van der Waals surface area contributed by atoms with E-state index >= 15 is 0 Å². The van der Waals surface area contributed by atoms with E-state index in [1.165, 1.54) is 10.8 Å². The highest BCUT2D eigenvalue weighted by Crippen LogP contribution is 2.27. The Balaban J connectivity index is 1.31. The van der Waals surface area contributed by atoms with Crippen molar-refractivity contribution in [3.63, 3.8) is 0 Å². The van der Waals surface area contributed by atoms with Gasteiger partial charge in [-0.25, -0.2) is 9.59 Å². The first-order valence-corrected chi connectivity index (χ1v) is 10.5. The van der Waals surface area contributed by atoms with Crippen molar-refractivity contribution in [2.75, 3.05) is 19.0 Å². The molecule has 0 saturated carbocycles. The van der Waals surface area contributed by atoms with E-state index in [0.29, 0.717) is 29.7 Å². The molecule has 0 aliphatic carbocycles. The molecule has 9 nitrogen and oxygen atoms in total. The van der Waals surface area contributed by atoms with Gasteiger partial charge < -0.3 is 19.5 Å². The Bertz CT molecular complexity index is 1180. The van der Waals surface area contributed by atoms with Gasteiger partial charge in [0, 0.05) is 11.8 Å². The van der Waals surface area contributed by atoms with Gasteiger partial charge in [0.25, 0.3) is 5.91 Å². The summed E-state index contributed by atoms with van der Waals surface area (Å²) in [6, 6.07) is 16.8. The number of esters is 1. The number of ether oxygens (including phenoxy) is 3. The fraction of sp³-hybridized carbons (Fsp3) is 0.250. The standard InChI is InChI=1S/C24H23N3O6/c1-31-18-9-7-17(8-10-18)23(29)32-15-19-11-12-21(33-19)27-14-13-20(26-24(27)30)25-22(28)16-5-3-2-4-6-16/h2-10,13-14,19,21H,11-12,15H2,1H3,(H,25,26,28,30). The van der Waals surface area contributed by atoms with Crippen LogP contribution in [0.5, 0.6) is 5.75 Å². The van der Waals surface area contributed by atoms with Gasteiger partial charge in [-0.1, -0.05) is 18.2 Å². The third-order valence-electron chi connectivity index (χ3n) is 5.23. The Morgan fingerprint density at radius 2 is 1.82 bits per heavy atom. The zero-order chi connectivity index (χ0) is 23.2. The van der Waals surface area contributed by atoms with Crippen LogP contribution >= 0.6 is 0 Å². The van der Waals surface area contributed by atoms with Crippen LogP contribution in [0.25, 0.3) is 0 Å². The molecule has 1 N–H and O–H groups in total. The molecule has 1 aromatic heterocycles. The molecule has 4 rings (SSSR count). The number of aromatic nitrogens is 2. The Hall–Kier alpha value is -3.98. The highest BCUT2D eigenvalue weighted by Gasteiger charge is 2.28. The first-order chi connectivity index (χ1) is 16.0. The van der Waals surface area contributed by atoms with Crippen molar-refractivity contribution in [2.45, 2.75) is 25.2 Å². The molecular formula is C24H23N3O6.